The highest BCUT2D eigenvalue weighted by Gasteiger charge is 2.27. The summed E-state index contributed by atoms with van der Waals surface area (Å²) in [5.41, 5.74) is 5.57. The lowest BCUT2D eigenvalue weighted by Gasteiger charge is -2.31. The Balaban J connectivity index is 1.85. The second kappa shape index (κ2) is 8.23. The zero-order chi connectivity index (χ0) is 18.4. The third-order valence-corrected chi connectivity index (χ3v) is 5.31. The van der Waals surface area contributed by atoms with Gasteiger partial charge in [0, 0.05) is 0 Å². The molecule has 0 amide bonds. The molecule has 1 nitrogen and oxygen atoms in total. The molecule has 0 aliphatic carbocycles. The minimum Gasteiger partial charge on any atom is -0.497 e. The van der Waals surface area contributed by atoms with Gasteiger partial charge >= 0.3 is 0 Å². The summed E-state index contributed by atoms with van der Waals surface area (Å²) in [5.74, 6) is 0.912. The lowest BCUT2D eigenvalue weighted by atomic mass is 9.73. The summed E-state index contributed by atoms with van der Waals surface area (Å²) in [6, 6.07) is 28.3. The van der Waals surface area contributed by atoms with Crippen LogP contribution in [0.25, 0.3) is 0 Å². The van der Waals surface area contributed by atoms with Crippen molar-refractivity contribution in [3.05, 3.63) is 101 Å². The average Bonchev–Trinajstić information content (AvgIpc) is 2.68. The van der Waals surface area contributed by atoms with E-state index in [9.17, 15) is 0 Å². The Hall–Kier alpha value is -2.54. The molecule has 0 radical (unpaired) electrons. The Bertz CT molecular complexity index is 803. The van der Waals surface area contributed by atoms with Crippen molar-refractivity contribution in [3.8, 4) is 5.75 Å². The Morgan fingerprint density at radius 3 is 2.04 bits per heavy atom. The fourth-order valence-corrected chi connectivity index (χ4v) is 3.55. The molecule has 1 atom stereocenters. The highest BCUT2D eigenvalue weighted by molar-refractivity contribution is 5.34. The lowest BCUT2D eigenvalue weighted by Crippen LogP contribution is -2.26. The van der Waals surface area contributed by atoms with E-state index in [0.29, 0.717) is 0 Å². The Kier molecular flexibility index (Phi) is 5.78. The number of hydrogen-bond donors (Lipinski definition) is 0. The molecule has 3 aromatic rings. The molecule has 0 saturated carbocycles. The maximum Gasteiger partial charge on any atom is 0.118 e. The Labute approximate surface area is 157 Å². The number of ether oxygens (including phenoxy) is 1. The van der Waals surface area contributed by atoms with E-state index >= 15 is 0 Å². The average molecular weight is 344 g/mol. The normalized spacial score (nSPS) is 13.2. The first kappa shape index (κ1) is 18.3. The van der Waals surface area contributed by atoms with Crippen LogP contribution in [0.1, 0.15) is 35.6 Å². The van der Waals surface area contributed by atoms with Crippen LogP contribution < -0.4 is 4.74 Å². The highest BCUT2D eigenvalue weighted by Crippen LogP contribution is 2.34. The summed E-state index contributed by atoms with van der Waals surface area (Å²) in [4.78, 5) is 0. The summed E-state index contributed by atoms with van der Waals surface area (Å²) in [6.45, 7) is 4.54. The molecule has 1 unspecified atom stereocenters. The molecule has 1 heteroatoms. The summed E-state index contributed by atoms with van der Waals surface area (Å²) < 4.78 is 5.30. The zero-order valence-corrected chi connectivity index (χ0v) is 16.0. The molecule has 0 N–H and O–H groups in total. The van der Waals surface area contributed by atoms with E-state index in [0.717, 1.165) is 25.0 Å². The van der Waals surface area contributed by atoms with E-state index < -0.39 is 0 Å². The van der Waals surface area contributed by atoms with Gasteiger partial charge in [-0.2, -0.15) is 0 Å². The van der Waals surface area contributed by atoms with Gasteiger partial charge in [0.15, 0.2) is 0 Å². The zero-order valence-electron chi connectivity index (χ0n) is 16.0. The first-order valence-corrected chi connectivity index (χ1v) is 9.33. The van der Waals surface area contributed by atoms with Crippen LogP contribution in [0, 0.1) is 6.92 Å². The van der Waals surface area contributed by atoms with Crippen molar-refractivity contribution >= 4 is 0 Å². The van der Waals surface area contributed by atoms with Crippen LogP contribution in [0.5, 0.6) is 5.75 Å². The SMILES string of the molecule is COc1ccc(CC(C)(CCc2ccccc2)c2ccc(C)cc2)cc1. The van der Waals surface area contributed by atoms with Crippen LogP contribution in [0.4, 0.5) is 0 Å². The number of benzene rings is 3. The van der Waals surface area contributed by atoms with E-state index in [4.69, 9.17) is 4.74 Å². The second-order valence-electron chi connectivity index (χ2n) is 7.44. The van der Waals surface area contributed by atoms with Crippen molar-refractivity contribution in [2.75, 3.05) is 7.11 Å². The number of hydrogen-bond acceptors (Lipinski definition) is 1. The van der Waals surface area contributed by atoms with Gasteiger partial charge in [0.2, 0.25) is 0 Å². The van der Waals surface area contributed by atoms with E-state index in [1.807, 2.05) is 0 Å². The van der Waals surface area contributed by atoms with Gasteiger partial charge in [-0.25, -0.2) is 0 Å². The van der Waals surface area contributed by atoms with Crippen LogP contribution in [-0.2, 0) is 18.3 Å². The van der Waals surface area contributed by atoms with Gasteiger partial charge in [-0.15, -0.1) is 0 Å². The van der Waals surface area contributed by atoms with Crippen LogP contribution >= 0.6 is 0 Å². The molecular formula is C25H28O. The van der Waals surface area contributed by atoms with Gasteiger partial charge in [0.1, 0.15) is 5.75 Å². The summed E-state index contributed by atoms with van der Waals surface area (Å²) >= 11 is 0. The van der Waals surface area contributed by atoms with E-state index in [1.165, 1.54) is 22.3 Å². The number of methoxy groups -OCH3 is 1. The quantitative estimate of drug-likeness (QED) is 0.500. The van der Waals surface area contributed by atoms with Gasteiger partial charge in [-0.3, -0.25) is 0 Å². The smallest absolute Gasteiger partial charge is 0.118 e. The van der Waals surface area contributed by atoms with Gasteiger partial charge in [-0.05, 0) is 60.4 Å². The minimum absolute atomic E-state index is 0.0954. The molecule has 0 aliphatic heterocycles. The molecule has 0 spiro atoms. The van der Waals surface area contributed by atoms with Crippen molar-refractivity contribution in [1.29, 1.82) is 0 Å². The van der Waals surface area contributed by atoms with Gasteiger partial charge in [0.05, 0.1) is 7.11 Å². The second-order valence-corrected chi connectivity index (χ2v) is 7.44. The van der Waals surface area contributed by atoms with Crippen LogP contribution in [0.15, 0.2) is 78.9 Å². The van der Waals surface area contributed by atoms with E-state index in [1.54, 1.807) is 7.11 Å². The summed E-state index contributed by atoms with van der Waals surface area (Å²) in [5, 5.41) is 0. The predicted molar refractivity (Wildman–Crippen MR) is 110 cm³/mol. The first-order valence-electron chi connectivity index (χ1n) is 9.33. The van der Waals surface area contributed by atoms with Crippen molar-refractivity contribution in [2.24, 2.45) is 0 Å². The van der Waals surface area contributed by atoms with Crippen molar-refractivity contribution < 1.29 is 4.74 Å². The van der Waals surface area contributed by atoms with Crippen LogP contribution in [0.2, 0.25) is 0 Å². The number of aryl methyl sites for hydroxylation is 2. The number of rotatable bonds is 7. The molecule has 3 rings (SSSR count). The molecule has 0 bridgehead atoms. The highest BCUT2D eigenvalue weighted by atomic mass is 16.5. The van der Waals surface area contributed by atoms with E-state index in [-0.39, 0.29) is 5.41 Å². The van der Waals surface area contributed by atoms with Crippen LogP contribution in [0.3, 0.4) is 0 Å². The third-order valence-electron chi connectivity index (χ3n) is 5.31. The monoisotopic (exact) mass is 344 g/mol. The molecule has 0 heterocycles. The molecular weight excluding hydrogens is 316 g/mol. The standard InChI is InChI=1S/C25H28O/c1-20-9-13-23(14-10-20)25(2,18-17-21-7-5-4-6-8-21)19-22-11-15-24(26-3)16-12-22/h4-16H,17-19H2,1-3H3. The largest absolute Gasteiger partial charge is 0.497 e. The van der Waals surface area contributed by atoms with Gasteiger partial charge < -0.3 is 4.74 Å². The molecule has 0 fully saturated rings. The third kappa shape index (κ3) is 4.54. The molecule has 0 saturated heterocycles. The molecule has 3 aromatic carbocycles. The van der Waals surface area contributed by atoms with Gasteiger partial charge in [-0.1, -0.05) is 79.2 Å². The molecule has 0 aliphatic rings. The lowest BCUT2D eigenvalue weighted by molar-refractivity contribution is 0.413. The molecule has 0 aromatic heterocycles. The summed E-state index contributed by atoms with van der Waals surface area (Å²) in [7, 11) is 1.71. The maximum absolute atomic E-state index is 5.30. The van der Waals surface area contributed by atoms with Crippen molar-refractivity contribution in [2.45, 2.75) is 38.5 Å². The Morgan fingerprint density at radius 1 is 0.769 bits per heavy atom. The fourth-order valence-electron chi connectivity index (χ4n) is 3.55. The van der Waals surface area contributed by atoms with Gasteiger partial charge in [0.25, 0.3) is 0 Å². The maximum atomic E-state index is 5.30. The predicted octanol–water partition coefficient (Wildman–Crippen LogP) is 6.14. The Morgan fingerprint density at radius 2 is 1.42 bits per heavy atom. The minimum atomic E-state index is 0.0954. The molecule has 26 heavy (non-hydrogen) atoms. The fraction of sp³-hybridized carbons (Fsp3) is 0.280. The summed E-state index contributed by atoms with van der Waals surface area (Å²) in [6.07, 6.45) is 3.22. The van der Waals surface area contributed by atoms with Crippen molar-refractivity contribution in [1.82, 2.24) is 0 Å². The van der Waals surface area contributed by atoms with Crippen LogP contribution in [-0.4, -0.2) is 7.11 Å². The van der Waals surface area contributed by atoms with E-state index in [2.05, 4.69) is 92.7 Å². The molecule has 134 valence electrons. The first-order chi connectivity index (χ1) is 12.6. The van der Waals surface area contributed by atoms with Crippen molar-refractivity contribution in [3.63, 3.8) is 0 Å². The topological polar surface area (TPSA) is 9.23 Å².